The molecule has 5 rings (SSSR count). The number of pyridine rings is 1. The van der Waals surface area contributed by atoms with E-state index in [-0.39, 0.29) is 23.9 Å². The van der Waals surface area contributed by atoms with Crippen molar-refractivity contribution in [2.75, 3.05) is 26.2 Å². The third-order valence-corrected chi connectivity index (χ3v) is 7.14. The van der Waals surface area contributed by atoms with Crippen molar-refractivity contribution in [3.05, 3.63) is 52.7 Å². The molecule has 0 bridgehead atoms. The zero-order valence-corrected chi connectivity index (χ0v) is 20.7. The normalized spacial score (nSPS) is 19.1. The predicted octanol–water partition coefficient (Wildman–Crippen LogP) is 3.86. The number of likely N-dealkylation sites (tertiary alicyclic amines) is 1. The molecule has 1 fully saturated rings. The topological polar surface area (TPSA) is 89.1 Å². The summed E-state index contributed by atoms with van der Waals surface area (Å²) in [4.78, 5) is 19.9. The molecule has 0 radical (unpaired) electrons. The minimum Gasteiger partial charge on any atom is -0.396 e. The lowest BCUT2D eigenvalue weighted by atomic mass is 9.90. The van der Waals surface area contributed by atoms with Crippen molar-refractivity contribution in [3.63, 3.8) is 0 Å². The van der Waals surface area contributed by atoms with Gasteiger partial charge in [-0.15, -0.1) is 10.2 Å². The Bertz CT molecular complexity index is 1480. The van der Waals surface area contributed by atoms with Crippen LogP contribution in [0.1, 0.15) is 46.1 Å². The summed E-state index contributed by atoms with van der Waals surface area (Å²) in [5.74, 6) is -1.17. The molecule has 1 aliphatic heterocycles. The van der Waals surface area contributed by atoms with E-state index in [1.165, 1.54) is 24.4 Å². The highest BCUT2D eigenvalue weighted by molar-refractivity contribution is 6.02. The molecule has 4 aromatic rings. The second-order valence-electron chi connectivity index (χ2n) is 10.1. The van der Waals surface area contributed by atoms with E-state index in [0.717, 1.165) is 25.9 Å². The smallest absolute Gasteiger partial charge is 0.331 e. The Morgan fingerprint density at radius 2 is 2.00 bits per heavy atom. The first-order chi connectivity index (χ1) is 17.2. The highest BCUT2D eigenvalue weighted by Gasteiger charge is 2.37. The number of benzene rings is 1. The molecule has 0 aliphatic carbocycles. The van der Waals surface area contributed by atoms with Crippen LogP contribution >= 0.6 is 0 Å². The molecule has 1 saturated heterocycles. The number of aliphatic hydroxyl groups is 1. The zero-order valence-electron chi connectivity index (χ0n) is 20.7. The third kappa shape index (κ3) is 4.08. The summed E-state index contributed by atoms with van der Waals surface area (Å²) in [6.07, 6.45) is 3.68. The lowest BCUT2D eigenvalue weighted by Crippen LogP contribution is -2.51. The number of rotatable bonds is 6. The van der Waals surface area contributed by atoms with Crippen molar-refractivity contribution in [1.82, 2.24) is 29.2 Å². The van der Waals surface area contributed by atoms with Gasteiger partial charge in [0.05, 0.1) is 11.1 Å². The van der Waals surface area contributed by atoms with Gasteiger partial charge in [-0.25, -0.2) is 14.2 Å². The van der Waals surface area contributed by atoms with Crippen LogP contribution in [0.3, 0.4) is 0 Å². The number of aromatic nitrogens is 5. The van der Waals surface area contributed by atoms with Crippen molar-refractivity contribution in [1.29, 1.82) is 0 Å². The first kappa shape index (κ1) is 24.5. The monoisotopic (exact) mass is 496 g/mol. The summed E-state index contributed by atoms with van der Waals surface area (Å²) >= 11 is 0. The fourth-order valence-electron chi connectivity index (χ4n) is 5.50. The van der Waals surface area contributed by atoms with Crippen molar-refractivity contribution in [3.8, 4) is 11.1 Å². The van der Waals surface area contributed by atoms with Gasteiger partial charge in [0.1, 0.15) is 11.3 Å². The Morgan fingerprint density at radius 3 is 2.69 bits per heavy atom. The molecule has 1 unspecified atom stereocenters. The molecule has 1 aromatic carbocycles. The van der Waals surface area contributed by atoms with Crippen LogP contribution in [0.25, 0.3) is 33.2 Å². The molecular weight excluding hydrogens is 466 g/mol. The second kappa shape index (κ2) is 9.33. The molecule has 0 spiro atoms. The number of imidazole rings is 1. The molecule has 8 nitrogen and oxygen atoms in total. The average molecular weight is 497 g/mol. The van der Waals surface area contributed by atoms with E-state index < -0.39 is 17.3 Å². The third-order valence-electron chi connectivity index (χ3n) is 7.14. The molecule has 3 aromatic heterocycles. The molecule has 36 heavy (non-hydrogen) atoms. The fourth-order valence-corrected chi connectivity index (χ4v) is 5.50. The standard InChI is InChI=1S/C26H30F2N6O2/c1-16(2)33-23-19-12-18(17-6-7-22(28)29-14-17)20(27)13-21(19)30-31-24(23)34(25(33)36)26(3)8-4-9-32(15-26)10-5-11-35/h6-7,12-14,16,35H,4-5,8-11,15H2,1-3H3. The maximum atomic E-state index is 15.1. The fraction of sp³-hybridized carbons (Fsp3) is 0.462. The van der Waals surface area contributed by atoms with Crippen LogP contribution in [0.15, 0.2) is 35.3 Å². The molecule has 1 N–H and O–H groups in total. The number of aliphatic hydroxyl groups excluding tert-OH is 1. The second-order valence-corrected chi connectivity index (χ2v) is 10.1. The molecule has 0 amide bonds. The van der Waals surface area contributed by atoms with E-state index in [1.54, 1.807) is 15.2 Å². The van der Waals surface area contributed by atoms with Gasteiger partial charge in [0.25, 0.3) is 0 Å². The van der Waals surface area contributed by atoms with Gasteiger partial charge in [0.15, 0.2) is 5.65 Å². The summed E-state index contributed by atoms with van der Waals surface area (Å²) in [5.41, 5.74) is 1.38. The Morgan fingerprint density at radius 1 is 1.19 bits per heavy atom. The van der Waals surface area contributed by atoms with Crippen LogP contribution in [0, 0.1) is 11.8 Å². The van der Waals surface area contributed by atoms with E-state index in [4.69, 9.17) is 0 Å². The highest BCUT2D eigenvalue weighted by Crippen LogP contribution is 2.35. The molecule has 10 heteroatoms. The first-order valence-electron chi connectivity index (χ1n) is 12.3. The predicted molar refractivity (Wildman–Crippen MR) is 134 cm³/mol. The van der Waals surface area contributed by atoms with E-state index in [2.05, 4.69) is 27.0 Å². The molecule has 4 heterocycles. The molecule has 1 aliphatic rings. The number of fused-ring (bicyclic) bond motifs is 3. The number of hydrogen-bond donors (Lipinski definition) is 1. The van der Waals surface area contributed by atoms with Gasteiger partial charge >= 0.3 is 5.69 Å². The maximum Gasteiger partial charge on any atom is 0.331 e. The Labute approximate surface area is 207 Å². The first-order valence-corrected chi connectivity index (χ1v) is 12.3. The highest BCUT2D eigenvalue weighted by atomic mass is 19.1. The summed E-state index contributed by atoms with van der Waals surface area (Å²) in [5, 5.41) is 18.6. The van der Waals surface area contributed by atoms with Crippen LogP contribution in [0.4, 0.5) is 8.78 Å². The summed E-state index contributed by atoms with van der Waals surface area (Å²) in [6.45, 7) is 8.38. The Balaban J connectivity index is 1.75. The number of nitrogens with zero attached hydrogens (tertiary/aromatic N) is 6. The average Bonchev–Trinajstić information content (AvgIpc) is 3.16. The lowest BCUT2D eigenvalue weighted by molar-refractivity contribution is 0.101. The number of halogens is 2. The summed E-state index contributed by atoms with van der Waals surface area (Å²) in [6, 6.07) is 5.43. The van der Waals surface area contributed by atoms with Gasteiger partial charge in [-0.1, -0.05) is 0 Å². The number of piperidine rings is 1. The SMILES string of the molecule is CC(C)n1c(=O)n(C2(C)CCCN(CCCO)C2)c2nnc3cc(F)c(-c4ccc(F)nc4)cc3c21. The van der Waals surface area contributed by atoms with Crippen molar-refractivity contribution < 1.29 is 13.9 Å². The van der Waals surface area contributed by atoms with Gasteiger partial charge in [0.2, 0.25) is 5.95 Å². The van der Waals surface area contributed by atoms with Crippen molar-refractivity contribution in [2.45, 2.75) is 51.6 Å². The quantitative estimate of drug-likeness (QED) is 0.408. The van der Waals surface area contributed by atoms with Crippen molar-refractivity contribution >= 4 is 22.1 Å². The van der Waals surface area contributed by atoms with Gasteiger partial charge in [-0.05, 0) is 64.8 Å². The summed E-state index contributed by atoms with van der Waals surface area (Å²) < 4.78 is 31.9. The van der Waals surface area contributed by atoms with Crippen LogP contribution in [0.5, 0.6) is 0 Å². The van der Waals surface area contributed by atoms with Gasteiger partial charge in [0, 0.05) is 54.5 Å². The Hall–Kier alpha value is -3.24. The minimum absolute atomic E-state index is 0.125. The maximum absolute atomic E-state index is 15.1. The Kier molecular flexibility index (Phi) is 6.34. The largest absolute Gasteiger partial charge is 0.396 e. The van der Waals surface area contributed by atoms with E-state index >= 15 is 4.39 Å². The molecule has 0 saturated carbocycles. The molecular formula is C26H30F2N6O2. The van der Waals surface area contributed by atoms with E-state index in [9.17, 15) is 14.3 Å². The van der Waals surface area contributed by atoms with Crippen molar-refractivity contribution in [2.24, 2.45) is 0 Å². The van der Waals surface area contributed by atoms with Crippen LogP contribution in [-0.2, 0) is 5.54 Å². The molecule has 1 atom stereocenters. The van der Waals surface area contributed by atoms with Crippen LogP contribution in [-0.4, -0.2) is 60.6 Å². The van der Waals surface area contributed by atoms with Gasteiger partial charge in [-0.2, -0.15) is 4.39 Å². The minimum atomic E-state index is -0.646. The molecule has 190 valence electrons. The van der Waals surface area contributed by atoms with Gasteiger partial charge < -0.3 is 10.0 Å². The van der Waals surface area contributed by atoms with Gasteiger partial charge in [-0.3, -0.25) is 9.13 Å². The van der Waals surface area contributed by atoms with Crippen LogP contribution in [0.2, 0.25) is 0 Å². The number of hydrogen-bond acceptors (Lipinski definition) is 6. The van der Waals surface area contributed by atoms with E-state index in [0.29, 0.717) is 40.6 Å². The summed E-state index contributed by atoms with van der Waals surface area (Å²) in [7, 11) is 0. The lowest BCUT2D eigenvalue weighted by Gasteiger charge is -2.41. The van der Waals surface area contributed by atoms with Crippen LogP contribution < -0.4 is 5.69 Å². The van der Waals surface area contributed by atoms with E-state index in [1.807, 2.05) is 13.8 Å². The zero-order chi connectivity index (χ0) is 25.6.